The van der Waals surface area contributed by atoms with Crippen LogP contribution in [0.15, 0.2) is 30.6 Å². The van der Waals surface area contributed by atoms with Gasteiger partial charge in [-0.1, -0.05) is 6.07 Å². The van der Waals surface area contributed by atoms with Crippen molar-refractivity contribution in [2.24, 2.45) is 0 Å². The van der Waals surface area contributed by atoms with Gasteiger partial charge in [0.25, 0.3) is 0 Å². The van der Waals surface area contributed by atoms with E-state index in [1.807, 2.05) is 6.92 Å². The molecular weight excluding hydrogens is 264 g/mol. The van der Waals surface area contributed by atoms with Crippen molar-refractivity contribution in [3.8, 4) is 0 Å². The third-order valence-corrected chi connectivity index (χ3v) is 2.79. The Morgan fingerprint density at radius 3 is 2.40 bits per heavy atom. The van der Waals surface area contributed by atoms with Gasteiger partial charge in [-0.3, -0.25) is 0 Å². The fourth-order valence-electron chi connectivity index (χ4n) is 1.76. The second kappa shape index (κ2) is 6.49. The highest BCUT2D eigenvalue weighted by Crippen LogP contribution is 2.19. The lowest BCUT2D eigenvalue weighted by Crippen LogP contribution is -2.23. The van der Waals surface area contributed by atoms with Crippen LogP contribution in [0.25, 0.3) is 0 Å². The third kappa shape index (κ3) is 3.55. The van der Waals surface area contributed by atoms with Gasteiger partial charge in [0.1, 0.15) is 17.5 Å². The summed E-state index contributed by atoms with van der Waals surface area (Å²) in [4.78, 5) is 8.16. The van der Waals surface area contributed by atoms with Crippen LogP contribution in [0.2, 0.25) is 0 Å². The van der Waals surface area contributed by atoms with Crippen LogP contribution in [0.3, 0.4) is 0 Å². The fraction of sp³-hybridized carbons (Fsp3) is 0.286. The molecule has 106 valence electrons. The van der Waals surface area contributed by atoms with Gasteiger partial charge in [-0.25, -0.2) is 18.7 Å². The minimum absolute atomic E-state index is 0.00902. The summed E-state index contributed by atoms with van der Waals surface area (Å²) in [6, 6.07) is 3.49. The standard InChI is InChI=1S/C14H15F2N3O/c1-9-5-18-13(19-6-9)8-17-7-12(20)14-10(15)3-2-4-11(14)16/h2-6,12,17,20H,7-8H2,1H3. The molecule has 0 aliphatic carbocycles. The van der Waals surface area contributed by atoms with Crippen molar-refractivity contribution in [2.75, 3.05) is 6.54 Å². The maximum absolute atomic E-state index is 13.4. The van der Waals surface area contributed by atoms with Crippen LogP contribution in [-0.2, 0) is 6.54 Å². The molecule has 0 saturated carbocycles. The van der Waals surface area contributed by atoms with Crippen molar-refractivity contribution in [3.63, 3.8) is 0 Å². The molecule has 0 bridgehead atoms. The Bertz CT molecular complexity index is 555. The summed E-state index contributed by atoms with van der Waals surface area (Å²) in [5.74, 6) is -0.964. The Balaban J connectivity index is 1.92. The maximum atomic E-state index is 13.4. The summed E-state index contributed by atoms with van der Waals surface area (Å²) in [6.45, 7) is 2.20. The fourth-order valence-corrected chi connectivity index (χ4v) is 1.76. The number of nitrogens with one attached hydrogen (secondary N) is 1. The van der Waals surface area contributed by atoms with Crippen LogP contribution in [-0.4, -0.2) is 21.6 Å². The molecule has 1 heterocycles. The molecule has 2 aromatic rings. The van der Waals surface area contributed by atoms with Crippen molar-refractivity contribution in [2.45, 2.75) is 19.6 Å². The van der Waals surface area contributed by atoms with Crippen LogP contribution in [0.1, 0.15) is 23.1 Å². The van der Waals surface area contributed by atoms with Gasteiger partial charge in [-0.15, -0.1) is 0 Å². The normalized spacial score (nSPS) is 12.4. The minimum atomic E-state index is -1.26. The maximum Gasteiger partial charge on any atom is 0.141 e. The number of hydrogen-bond acceptors (Lipinski definition) is 4. The van der Waals surface area contributed by atoms with Gasteiger partial charge in [0.2, 0.25) is 0 Å². The molecule has 0 spiro atoms. The number of halogens is 2. The second-order valence-corrected chi connectivity index (χ2v) is 4.46. The molecule has 1 unspecified atom stereocenters. The molecule has 4 nitrogen and oxygen atoms in total. The predicted octanol–water partition coefficient (Wildman–Crippen LogP) is 1.89. The van der Waals surface area contributed by atoms with E-state index in [0.717, 1.165) is 17.7 Å². The van der Waals surface area contributed by atoms with E-state index in [0.29, 0.717) is 12.4 Å². The monoisotopic (exact) mass is 279 g/mol. The van der Waals surface area contributed by atoms with E-state index in [9.17, 15) is 13.9 Å². The van der Waals surface area contributed by atoms with Crippen LogP contribution < -0.4 is 5.32 Å². The smallest absolute Gasteiger partial charge is 0.141 e. The molecule has 0 fully saturated rings. The molecule has 1 atom stereocenters. The molecule has 2 rings (SSSR count). The average Bonchev–Trinajstić information content (AvgIpc) is 2.41. The molecular formula is C14H15F2N3O. The summed E-state index contributed by atoms with van der Waals surface area (Å²) in [5, 5.41) is 12.7. The number of aliphatic hydroxyl groups is 1. The number of aryl methyl sites for hydroxylation is 1. The van der Waals surface area contributed by atoms with Crippen molar-refractivity contribution in [3.05, 3.63) is 59.2 Å². The number of benzene rings is 1. The van der Waals surface area contributed by atoms with Gasteiger partial charge in [0.15, 0.2) is 0 Å². The van der Waals surface area contributed by atoms with Crippen molar-refractivity contribution in [1.29, 1.82) is 0 Å². The van der Waals surface area contributed by atoms with Crippen molar-refractivity contribution >= 4 is 0 Å². The zero-order valence-electron chi connectivity index (χ0n) is 11.0. The molecule has 0 amide bonds. The van der Waals surface area contributed by atoms with Crippen molar-refractivity contribution < 1.29 is 13.9 Å². The Morgan fingerprint density at radius 2 is 1.80 bits per heavy atom. The molecule has 6 heteroatoms. The van der Waals surface area contributed by atoms with Crippen LogP contribution >= 0.6 is 0 Å². The van der Waals surface area contributed by atoms with Gasteiger partial charge >= 0.3 is 0 Å². The summed E-state index contributed by atoms with van der Waals surface area (Å²) < 4.78 is 26.9. The van der Waals surface area contributed by atoms with Gasteiger partial charge in [0, 0.05) is 18.9 Å². The first-order chi connectivity index (χ1) is 9.58. The highest BCUT2D eigenvalue weighted by atomic mass is 19.1. The molecule has 2 N–H and O–H groups in total. The SMILES string of the molecule is Cc1cnc(CNCC(O)c2c(F)cccc2F)nc1. The number of rotatable bonds is 5. The number of hydrogen-bond donors (Lipinski definition) is 2. The average molecular weight is 279 g/mol. The van der Waals surface area contributed by atoms with Gasteiger partial charge in [0.05, 0.1) is 18.2 Å². The third-order valence-electron chi connectivity index (χ3n) is 2.79. The zero-order valence-corrected chi connectivity index (χ0v) is 11.0. The quantitative estimate of drug-likeness (QED) is 0.877. The number of aliphatic hydroxyl groups excluding tert-OH is 1. The predicted molar refractivity (Wildman–Crippen MR) is 69.8 cm³/mol. The Morgan fingerprint density at radius 1 is 1.20 bits per heavy atom. The molecule has 0 saturated heterocycles. The van der Waals surface area contributed by atoms with E-state index in [2.05, 4.69) is 15.3 Å². The molecule has 0 aliphatic rings. The van der Waals surface area contributed by atoms with Crippen molar-refractivity contribution in [1.82, 2.24) is 15.3 Å². The van der Waals surface area contributed by atoms with Crippen LogP contribution in [0, 0.1) is 18.6 Å². The largest absolute Gasteiger partial charge is 0.387 e. The van der Waals surface area contributed by atoms with E-state index in [1.54, 1.807) is 12.4 Å². The summed E-state index contributed by atoms with van der Waals surface area (Å²) >= 11 is 0. The first-order valence-corrected chi connectivity index (χ1v) is 6.18. The topological polar surface area (TPSA) is 58.0 Å². The Hall–Kier alpha value is -1.92. The van der Waals surface area contributed by atoms with E-state index in [-0.39, 0.29) is 12.1 Å². The van der Waals surface area contributed by atoms with E-state index in [4.69, 9.17) is 0 Å². The summed E-state index contributed by atoms with van der Waals surface area (Å²) in [6.07, 6.45) is 2.09. The minimum Gasteiger partial charge on any atom is -0.387 e. The van der Waals surface area contributed by atoms with Gasteiger partial charge < -0.3 is 10.4 Å². The molecule has 20 heavy (non-hydrogen) atoms. The molecule has 1 aromatic carbocycles. The van der Waals surface area contributed by atoms with Gasteiger partial charge in [-0.05, 0) is 24.6 Å². The van der Waals surface area contributed by atoms with E-state index >= 15 is 0 Å². The van der Waals surface area contributed by atoms with Crippen LogP contribution in [0.5, 0.6) is 0 Å². The lowest BCUT2D eigenvalue weighted by Gasteiger charge is -2.13. The molecule has 0 radical (unpaired) electrons. The Labute approximate surface area is 115 Å². The summed E-state index contributed by atoms with van der Waals surface area (Å²) in [5.41, 5.74) is 0.618. The van der Waals surface area contributed by atoms with E-state index < -0.39 is 17.7 Å². The van der Waals surface area contributed by atoms with E-state index in [1.165, 1.54) is 6.07 Å². The highest BCUT2D eigenvalue weighted by Gasteiger charge is 2.17. The molecule has 0 aliphatic heterocycles. The van der Waals surface area contributed by atoms with Gasteiger partial charge in [-0.2, -0.15) is 0 Å². The first kappa shape index (κ1) is 14.5. The Kier molecular flexibility index (Phi) is 4.70. The highest BCUT2D eigenvalue weighted by molar-refractivity contribution is 5.22. The lowest BCUT2D eigenvalue weighted by atomic mass is 10.1. The zero-order chi connectivity index (χ0) is 14.5. The second-order valence-electron chi connectivity index (χ2n) is 4.46. The number of nitrogens with zero attached hydrogens (tertiary/aromatic N) is 2. The first-order valence-electron chi connectivity index (χ1n) is 6.18. The molecule has 1 aromatic heterocycles. The summed E-state index contributed by atoms with van der Waals surface area (Å²) in [7, 11) is 0. The lowest BCUT2D eigenvalue weighted by molar-refractivity contribution is 0.164. The van der Waals surface area contributed by atoms with Crippen LogP contribution in [0.4, 0.5) is 8.78 Å². The number of aromatic nitrogens is 2.